The molecule has 0 spiro atoms. The molecule has 1 atom stereocenters. The van der Waals surface area contributed by atoms with Crippen LogP contribution in [0.3, 0.4) is 0 Å². The van der Waals surface area contributed by atoms with Crippen molar-refractivity contribution in [2.45, 2.75) is 50.6 Å². The Bertz CT molecular complexity index is 428. The van der Waals surface area contributed by atoms with Crippen molar-refractivity contribution in [2.24, 2.45) is 5.73 Å². The molecule has 20 heavy (non-hydrogen) atoms. The van der Waals surface area contributed by atoms with Crippen molar-refractivity contribution >= 4 is 0 Å². The quantitative estimate of drug-likeness (QED) is 0.855. The van der Waals surface area contributed by atoms with Crippen LogP contribution in [0.5, 0.6) is 0 Å². The van der Waals surface area contributed by atoms with Crippen molar-refractivity contribution in [3.63, 3.8) is 0 Å². The van der Waals surface area contributed by atoms with Crippen LogP contribution < -0.4 is 5.73 Å². The molecule has 2 rings (SSSR count). The van der Waals surface area contributed by atoms with Crippen molar-refractivity contribution in [1.82, 2.24) is 4.90 Å². The van der Waals surface area contributed by atoms with Gasteiger partial charge >= 0.3 is 0 Å². The Morgan fingerprint density at radius 2 is 1.85 bits per heavy atom. The zero-order valence-electron chi connectivity index (χ0n) is 12.1. The Kier molecular flexibility index (Phi) is 5.49. The molecule has 0 saturated heterocycles. The molecule has 0 amide bonds. The normalized spacial score (nSPS) is 19.1. The molecule has 0 aliphatic heterocycles. The summed E-state index contributed by atoms with van der Waals surface area (Å²) in [7, 11) is 2.03. The van der Waals surface area contributed by atoms with E-state index in [4.69, 9.17) is 5.73 Å². The van der Waals surface area contributed by atoms with E-state index in [9.17, 15) is 8.78 Å². The first kappa shape index (κ1) is 15.4. The Labute approximate surface area is 120 Å². The van der Waals surface area contributed by atoms with Gasteiger partial charge in [-0.05, 0) is 38.1 Å². The molecule has 112 valence electrons. The van der Waals surface area contributed by atoms with Gasteiger partial charge in [0.25, 0.3) is 0 Å². The van der Waals surface area contributed by atoms with E-state index in [1.165, 1.54) is 44.6 Å². The molecule has 1 unspecified atom stereocenters. The smallest absolute Gasteiger partial charge is 0.128 e. The monoisotopic (exact) mass is 282 g/mol. The zero-order chi connectivity index (χ0) is 14.5. The number of nitrogens with zero attached hydrogens (tertiary/aromatic N) is 1. The van der Waals surface area contributed by atoms with Crippen LogP contribution in [0.15, 0.2) is 18.2 Å². The highest BCUT2D eigenvalue weighted by Gasteiger charge is 2.21. The molecule has 0 bridgehead atoms. The minimum Gasteiger partial charge on any atom is -0.323 e. The van der Waals surface area contributed by atoms with Crippen LogP contribution in [0.25, 0.3) is 0 Å². The van der Waals surface area contributed by atoms with Crippen LogP contribution in [0.2, 0.25) is 0 Å². The van der Waals surface area contributed by atoms with E-state index >= 15 is 0 Å². The number of rotatable bonds is 4. The maximum absolute atomic E-state index is 13.7. The molecule has 1 saturated carbocycles. The fourth-order valence-corrected chi connectivity index (χ4v) is 3.06. The maximum atomic E-state index is 13.7. The molecule has 1 aliphatic rings. The highest BCUT2D eigenvalue weighted by molar-refractivity contribution is 5.22. The lowest BCUT2D eigenvalue weighted by Gasteiger charge is -2.29. The van der Waals surface area contributed by atoms with Gasteiger partial charge in [0, 0.05) is 24.2 Å². The molecule has 0 heterocycles. The Hall–Kier alpha value is -1.00. The second-order valence-corrected chi connectivity index (χ2v) is 5.86. The largest absolute Gasteiger partial charge is 0.323 e. The fraction of sp³-hybridized carbons (Fsp3) is 0.625. The topological polar surface area (TPSA) is 29.3 Å². The molecule has 0 aromatic heterocycles. The van der Waals surface area contributed by atoms with E-state index in [1.54, 1.807) is 0 Å². The van der Waals surface area contributed by atoms with E-state index < -0.39 is 17.7 Å². The molecule has 2 nitrogen and oxygen atoms in total. The standard InChI is InChI=1S/C16H24F2N2/c1-20(13-6-4-2-3-5-7-13)11-16(19)14-10-12(17)8-9-15(14)18/h8-10,13,16H,2-7,11,19H2,1H3. The molecule has 0 radical (unpaired) electrons. The number of benzene rings is 1. The van der Waals surface area contributed by atoms with E-state index in [0.29, 0.717) is 12.6 Å². The highest BCUT2D eigenvalue weighted by Crippen LogP contribution is 2.23. The molecular formula is C16H24F2N2. The van der Waals surface area contributed by atoms with Gasteiger partial charge < -0.3 is 10.6 Å². The van der Waals surface area contributed by atoms with Gasteiger partial charge in [-0.2, -0.15) is 0 Å². The Balaban J connectivity index is 1.99. The fourth-order valence-electron chi connectivity index (χ4n) is 3.06. The maximum Gasteiger partial charge on any atom is 0.128 e. The molecule has 1 aromatic rings. The van der Waals surface area contributed by atoms with Crippen molar-refractivity contribution in [3.8, 4) is 0 Å². The predicted molar refractivity (Wildman–Crippen MR) is 77.4 cm³/mol. The summed E-state index contributed by atoms with van der Waals surface area (Å²) in [6.45, 7) is 0.561. The van der Waals surface area contributed by atoms with Gasteiger partial charge in [0.1, 0.15) is 11.6 Å². The first-order chi connectivity index (χ1) is 9.58. The van der Waals surface area contributed by atoms with Crippen molar-refractivity contribution < 1.29 is 8.78 Å². The molecular weight excluding hydrogens is 258 g/mol. The average Bonchev–Trinajstić information content (AvgIpc) is 2.70. The van der Waals surface area contributed by atoms with Crippen LogP contribution in [0.4, 0.5) is 8.78 Å². The zero-order valence-corrected chi connectivity index (χ0v) is 12.1. The highest BCUT2D eigenvalue weighted by atomic mass is 19.1. The average molecular weight is 282 g/mol. The second-order valence-electron chi connectivity index (χ2n) is 5.86. The van der Waals surface area contributed by atoms with Crippen molar-refractivity contribution in [3.05, 3.63) is 35.4 Å². The summed E-state index contributed by atoms with van der Waals surface area (Å²) in [4.78, 5) is 2.21. The molecule has 1 aromatic carbocycles. The van der Waals surface area contributed by atoms with Crippen LogP contribution in [-0.2, 0) is 0 Å². The minimum atomic E-state index is -0.487. The summed E-state index contributed by atoms with van der Waals surface area (Å²) in [6.07, 6.45) is 7.45. The summed E-state index contributed by atoms with van der Waals surface area (Å²) in [5.41, 5.74) is 6.33. The lowest BCUT2D eigenvalue weighted by Crippen LogP contribution is -2.37. The number of likely N-dealkylation sites (N-methyl/N-ethyl adjacent to an activating group) is 1. The van der Waals surface area contributed by atoms with Crippen molar-refractivity contribution in [2.75, 3.05) is 13.6 Å². The first-order valence-electron chi connectivity index (χ1n) is 7.48. The van der Waals surface area contributed by atoms with Gasteiger partial charge in [0.05, 0.1) is 0 Å². The lowest BCUT2D eigenvalue weighted by atomic mass is 10.0. The predicted octanol–water partition coefficient (Wildman–Crippen LogP) is 3.62. The van der Waals surface area contributed by atoms with E-state index in [1.807, 2.05) is 7.05 Å². The summed E-state index contributed by atoms with van der Waals surface area (Å²) >= 11 is 0. The minimum absolute atomic E-state index is 0.269. The molecule has 4 heteroatoms. The van der Waals surface area contributed by atoms with Crippen LogP contribution in [0.1, 0.15) is 50.1 Å². The SMILES string of the molecule is CN(CC(N)c1cc(F)ccc1F)C1CCCCCC1. The molecule has 2 N–H and O–H groups in total. The summed E-state index contributed by atoms with van der Waals surface area (Å²) in [5.74, 6) is -0.859. The first-order valence-corrected chi connectivity index (χ1v) is 7.48. The third-order valence-corrected chi connectivity index (χ3v) is 4.29. The molecule has 1 fully saturated rings. The number of halogens is 2. The third-order valence-electron chi connectivity index (χ3n) is 4.29. The second kappa shape index (κ2) is 7.14. The van der Waals surface area contributed by atoms with Gasteiger partial charge in [0.2, 0.25) is 0 Å². The Morgan fingerprint density at radius 3 is 2.50 bits per heavy atom. The van der Waals surface area contributed by atoms with Crippen molar-refractivity contribution in [1.29, 1.82) is 0 Å². The number of nitrogens with two attached hydrogens (primary N) is 1. The molecule has 1 aliphatic carbocycles. The van der Waals surface area contributed by atoms with Gasteiger partial charge in [-0.3, -0.25) is 0 Å². The van der Waals surface area contributed by atoms with E-state index in [2.05, 4.69) is 4.90 Å². The van der Waals surface area contributed by atoms with Gasteiger partial charge in [-0.25, -0.2) is 8.78 Å². The van der Waals surface area contributed by atoms with Gasteiger partial charge in [-0.15, -0.1) is 0 Å². The third kappa shape index (κ3) is 4.00. The number of hydrogen-bond donors (Lipinski definition) is 1. The van der Waals surface area contributed by atoms with E-state index in [-0.39, 0.29) is 5.56 Å². The van der Waals surface area contributed by atoms with Crippen LogP contribution in [-0.4, -0.2) is 24.5 Å². The summed E-state index contributed by atoms with van der Waals surface area (Å²) < 4.78 is 26.9. The lowest BCUT2D eigenvalue weighted by molar-refractivity contribution is 0.208. The summed E-state index contributed by atoms with van der Waals surface area (Å²) in [6, 6.07) is 3.51. The van der Waals surface area contributed by atoms with Gasteiger partial charge in [-0.1, -0.05) is 25.7 Å². The summed E-state index contributed by atoms with van der Waals surface area (Å²) in [5, 5.41) is 0. The van der Waals surface area contributed by atoms with E-state index in [0.717, 1.165) is 12.1 Å². The number of hydrogen-bond acceptors (Lipinski definition) is 2. The Morgan fingerprint density at radius 1 is 1.20 bits per heavy atom. The van der Waals surface area contributed by atoms with Crippen LogP contribution >= 0.6 is 0 Å². The van der Waals surface area contributed by atoms with Crippen LogP contribution in [0, 0.1) is 11.6 Å². The van der Waals surface area contributed by atoms with Gasteiger partial charge in [0.15, 0.2) is 0 Å².